The van der Waals surface area contributed by atoms with Crippen LogP contribution in [-0.2, 0) is 4.79 Å². The quantitative estimate of drug-likeness (QED) is 0.767. The first-order valence-corrected chi connectivity index (χ1v) is 7.01. The molecular weight excluding hydrogens is 258 g/mol. The second-order valence-electron chi connectivity index (χ2n) is 5.35. The summed E-state index contributed by atoms with van der Waals surface area (Å²) in [5.41, 5.74) is 0. The summed E-state index contributed by atoms with van der Waals surface area (Å²) in [5, 5.41) is 9.00. The molecule has 1 rings (SSSR count). The van der Waals surface area contributed by atoms with Crippen LogP contribution in [-0.4, -0.2) is 76.6 Å². The van der Waals surface area contributed by atoms with Gasteiger partial charge in [0.25, 0.3) is 0 Å². The van der Waals surface area contributed by atoms with Gasteiger partial charge in [0, 0.05) is 38.8 Å². The molecule has 1 N–H and O–H groups in total. The number of piperazine rings is 1. The minimum absolute atomic E-state index is 0.00234. The lowest BCUT2D eigenvalue weighted by atomic mass is 10.2. The molecular formula is C14H25N3O3. The van der Waals surface area contributed by atoms with Crippen molar-refractivity contribution in [1.82, 2.24) is 14.7 Å². The van der Waals surface area contributed by atoms with E-state index in [0.29, 0.717) is 32.7 Å². The predicted octanol–water partition coefficient (Wildman–Crippen LogP) is 1.09. The van der Waals surface area contributed by atoms with Gasteiger partial charge in [0.05, 0.1) is 0 Å². The van der Waals surface area contributed by atoms with E-state index in [0.717, 1.165) is 0 Å². The zero-order chi connectivity index (χ0) is 15.3. The van der Waals surface area contributed by atoms with Crippen molar-refractivity contribution in [3.63, 3.8) is 0 Å². The zero-order valence-corrected chi connectivity index (χ0v) is 12.6. The molecule has 1 heterocycles. The van der Waals surface area contributed by atoms with Gasteiger partial charge in [-0.3, -0.25) is 9.69 Å². The molecule has 0 aromatic carbocycles. The highest BCUT2D eigenvalue weighted by atomic mass is 16.4. The van der Waals surface area contributed by atoms with Gasteiger partial charge < -0.3 is 14.9 Å². The monoisotopic (exact) mass is 283 g/mol. The van der Waals surface area contributed by atoms with Crippen LogP contribution in [0.5, 0.6) is 0 Å². The van der Waals surface area contributed by atoms with Crippen LogP contribution < -0.4 is 0 Å². The minimum Gasteiger partial charge on any atom is -0.480 e. The van der Waals surface area contributed by atoms with Crippen molar-refractivity contribution < 1.29 is 14.7 Å². The molecule has 0 aliphatic carbocycles. The van der Waals surface area contributed by atoms with Crippen molar-refractivity contribution in [3.05, 3.63) is 12.7 Å². The topological polar surface area (TPSA) is 64.1 Å². The van der Waals surface area contributed by atoms with Crippen molar-refractivity contribution in [2.24, 2.45) is 0 Å². The van der Waals surface area contributed by atoms with Crippen molar-refractivity contribution in [2.75, 3.05) is 32.7 Å². The van der Waals surface area contributed by atoms with E-state index < -0.39 is 12.0 Å². The Kier molecular flexibility index (Phi) is 6.01. The summed E-state index contributed by atoms with van der Waals surface area (Å²) >= 11 is 0. The average molecular weight is 283 g/mol. The minimum atomic E-state index is -0.819. The first kappa shape index (κ1) is 16.5. The Morgan fingerprint density at radius 3 is 2.20 bits per heavy atom. The Morgan fingerprint density at radius 2 is 1.80 bits per heavy atom. The lowest BCUT2D eigenvalue weighted by Crippen LogP contribution is -2.56. The number of carbonyl (C=O) groups excluding carboxylic acids is 1. The van der Waals surface area contributed by atoms with Crippen LogP contribution in [0.2, 0.25) is 0 Å². The summed E-state index contributed by atoms with van der Waals surface area (Å²) in [7, 11) is 0. The second-order valence-corrected chi connectivity index (χ2v) is 5.35. The molecule has 1 aliphatic heterocycles. The van der Waals surface area contributed by atoms with Gasteiger partial charge in [0.15, 0.2) is 0 Å². The maximum absolute atomic E-state index is 12.4. The lowest BCUT2D eigenvalue weighted by Gasteiger charge is -2.39. The van der Waals surface area contributed by atoms with E-state index in [2.05, 4.69) is 6.58 Å². The molecule has 1 saturated heterocycles. The third-order valence-corrected chi connectivity index (χ3v) is 3.68. The Bertz CT molecular complexity index is 363. The number of hydrogen-bond donors (Lipinski definition) is 1. The van der Waals surface area contributed by atoms with Gasteiger partial charge in [0.1, 0.15) is 6.04 Å². The van der Waals surface area contributed by atoms with E-state index in [9.17, 15) is 9.59 Å². The van der Waals surface area contributed by atoms with Crippen molar-refractivity contribution in [1.29, 1.82) is 0 Å². The Morgan fingerprint density at radius 1 is 1.25 bits per heavy atom. The van der Waals surface area contributed by atoms with Gasteiger partial charge in [-0.15, -0.1) is 6.58 Å². The standard InChI is InChI=1S/C14H25N3O3/c1-5-6-17(11(2)3)14(20)16-9-7-15(8-10-16)12(4)13(18)19/h5,11-12H,1,6-10H2,2-4H3,(H,18,19). The number of carbonyl (C=O) groups is 2. The Balaban J connectivity index is 2.57. The van der Waals surface area contributed by atoms with Crippen LogP contribution in [0.4, 0.5) is 4.79 Å². The summed E-state index contributed by atoms with van der Waals surface area (Å²) in [6.07, 6.45) is 1.72. The van der Waals surface area contributed by atoms with Gasteiger partial charge in [-0.25, -0.2) is 4.79 Å². The molecule has 6 nitrogen and oxygen atoms in total. The summed E-state index contributed by atoms with van der Waals surface area (Å²) in [6.45, 7) is 12.2. The number of aliphatic carboxylic acids is 1. The normalized spacial score (nSPS) is 17.9. The molecule has 1 fully saturated rings. The number of nitrogens with zero attached hydrogens (tertiary/aromatic N) is 3. The Labute approximate surface area is 120 Å². The number of hydrogen-bond acceptors (Lipinski definition) is 3. The van der Waals surface area contributed by atoms with Crippen LogP contribution in [0.3, 0.4) is 0 Å². The maximum Gasteiger partial charge on any atom is 0.320 e. The van der Waals surface area contributed by atoms with Crippen LogP contribution in [0.25, 0.3) is 0 Å². The van der Waals surface area contributed by atoms with E-state index >= 15 is 0 Å². The molecule has 2 amide bonds. The number of carboxylic acids is 1. The summed E-state index contributed by atoms with van der Waals surface area (Å²) in [4.78, 5) is 28.8. The molecule has 0 aromatic rings. The number of urea groups is 1. The highest BCUT2D eigenvalue weighted by molar-refractivity contribution is 5.75. The summed E-state index contributed by atoms with van der Waals surface area (Å²) < 4.78 is 0. The molecule has 0 radical (unpaired) electrons. The molecule has 1 atom stereocenters. The number of rotatable bonds is 5. The molecule has 0 saturated carbocycles. The van der Waals surface area contributed by atoms with Gasteiger partial charge in [-0.1, -0.05) is 6.08 Å². The van der Waals surface area contributed by atoms with Crippen LogP contribution in [0.15, 0.2) is 12.7 Å². The van der Waals surface area contributed by atoms with E-state index in [4.69, 9.17) is 5.11 Å². The molecule has 114 valence electrons. The Hall–Kier alpha value is -1.56. The maximum atomic E-state index is 12.4. The summed E-state index contributed by atoms with van der Waals surface area (Å²) in [6, 6.07) is -0.374. The predicted molar refractivity (Wildman–Crippen MR) is 77.7 cm³/mol. The number of amides is 2. The fourth-order valence-electron chi connectivity index (χ4n) is 2.29. The van der Waals surface area contributed by atoms with Crippen LogP contribution in [0.1, 0.15) is 20.8 Å². The SMILES string of the molecule is C=CCN(C(=O)N1CCN(C(C)C(=O)O)CC1)C(C)C. The lowest BCUT2D eigenvalue weighted by molar-refractivity contribution is -0.143. The molecule has 0 aromatic heterocycles. The van der Waals surface area contributed by atoms with Crippen LogP contribution in [0, 0.1) is 0 Å². The van der Waals surface area contributed by atoms with Gasteiger partial charge >= 0.3 is 12.0 Å². The molecule has 6 heteroatoms. The smallest absolute Gasteiger partial charge is 0.320 e. The largest absolute Gasteiger partial charge is 0.480 e. The first-order valence-electron chi connectivity index (χ1n) is 7.01. The molecule has 1 aliphatic rings. The third-order valence-electron chi connectivity index (χ3n) is 3.68. The highest BCUT2D eigenvalue weighted by Crippen LogP contribution is 2.11. The fourth-order valence-corrected chi connectivity index (χ4v) is 2.29. The van der Waals surface area contributed by atoms with Gasteiger partial charge in [-0.2, -0.15) is 0 Å². The van der Waals surface area contributed by atoms with E-state index in [1.807, 2.05) is 18.7 Å². The van der Waals surface area contributed by atoms with Gasteiger partial charge in [-0.05, 0) is 20.8 Å². The van der Waals surface area contributed by atoms with Crippen molar-refractivity contribution in [2.45, 2.75) is 32.9 Å². The molecule has 20 heavy (non-hydrogen) atoms. The van der Waals surface area contributed by atoms with Gasteiger partial charge in [0.2, 0.25) is 0 Å². The average Bonchev–Trinajstić information content (AvgIpc) is 2.43. The van der Waals surface area contributed by atoms with E-state index in [1.54, 1.807) is 22.8 Å². The van der Waals surface area contributed by atoms with Crippen molar-refractivity contribution in [3.8, 4) is 0 Å². The summed E-state index contributed by atoms with van der Waals surface area (Å²) in [5.74, 6) is -0.819. The zero-order valence-electron chi connectivity index (χ0n) is 12.6. The molecule has 0 bridgehead atoms. The first-order chi connectivity index (χ1) is 9.38. The van der Waals surface area contributed by atoms with Crippen LogP contribution >= 0.6 is 0 Å². The van der Waals surface area contributed by atoms with E-state index in [1.165, 1.54) is 0 Å². The fraction of sp³-hybridized carbons (Fsp3) is 0.714. The highest BCUT2D eigenvalue weighted by Gasteiger charge is 2.29. The van der Waals surface area contributed by atoms with E-state index in [-0.39, 0.29) is 12.1 Å². The molecule has 1 unspecified atom stereocenters. The third kappa shape index (κ3) is 3.96. The number of carboxylic acid groups (broad SMARTS) is 1. The van der Waals surface area contributed by atoms with Crippen molar-refractivity contribution >= 4 is 12.0 Å². The second kappa shape index (κ2) is 7.28. The molecule has 0 spiro atoms.